The summed E-state index contributed by atoms with van der Waals surface area (Å²) in [5.74, 6) is 0. The average Bonchev–Trinajstić information content (AvgIpc) is 2.64. The van der Waals surface area contributed by atoms with Crippen LogP contribution in [0.4, 0.5) is 4.39 Å². The first-order valence-electron chi connectivity index (χ1n) is 6.66. The molecule has 1 aliphatic rings. The van der Waals surface area contributed by atoms with Gasteiger partial charge in [-0.3, -0.25) is 9.78 Å². The molecule has 4 atom stereocenters. The highest BCUT2D eigenvalue weighted by molar-refractivity contribution is 7.72. The smallest absolute Gasteiger partial charge is 0.325 e. The van der Waals surface area contributed by atoms with Crippen LogP contribution in [0.2, 0.25) is 0 Å². The van der Waals surface area contributed by atoms with Crippen molar-refractivity contribution in [1.29, 1.82) is 0 Å². The molecule has 0 aromatic carbocycles. The molecule has 0 amide bonds. The molecule has 3 N–H and O–H groups in total. The molecule has 8 heteroatoms. The summed E-state index contributed by atoms with van der Waals surface area (Å²) in [5, 5.41) is 9.94. The zero-order valence-corrected chi connectivity index (χ0v) is 12.9. The van der Waals surface area contributed by atoms with E-state index in [0.29, 0.717) is 6.42 Å². The van der Waals surface area contributed by atoms with Gasteiger partial charge in [0.1, 0.15) is 12.2 Å². The van der Waals surface area contributed by atoms with Gasteiger partial charge in [-0.05, 0) is 25.9 Å². The van der Waals surface area contributed by atoms with Gasteiger partial charge in [0.05, 0.1) is 11.7 Å². The molecular weight excluding hydrogens is 298 g/mol. The van der Waals surface area contributed by atoms with Crippen LogP contribution in [0.3, 0.4) is 0 Å². The van der Waals surface area contributed by atoms with Crippen LogP contribution in [0.15, 0.2) is 15.8 Å². The van der Waals surface area contributed by atoms with E-state index in [9.17, 15) is 19.1 Å². The number of nitrogens with one attached hydrogen (secondary N) is 2. The number of hydrogen-bond acceptors (Lipinski definition) is 4. The van der Waals surface area contributed by atoms with E-state index in [1.165, 1.54) is 0 Å². The zero-order chi connectivity index (χ0) is 15.8. The summed E-state index contributed by atoms with van der Waals surface area (Å²) in [6, 6.07) is 0. The van der Waals surface area contributed by atoms with Crippen molar-refractivity contribution in [1.82, 2.24) is 9.97 Å². The van der Waals surface area contributed by atoms with Crippen molar-refractivity contribution in [2.75, 3.05) is 19.5 Å². The maximum atomic E-state index is 14.2. The topological polar surface area (TPSA) is 95.2 Å². The summed E-state index contributed by atoms with van der Waals surface area (Å²) in [6.45, 7) is 2.79. The van der Waals surface area contributed by atoms with Crippen molar-refractivity contribution in [3.05, 3.63) is 32.6 Å². The van der Waals surface area contributed by atoms with E-state index < -0.39 is 42.6 Å². The second kappa shape index (κ2) is 5.91. The first kappa shape index (κ1) is 16.2. The highest BCUT2D eigenvalue weighted by Crippen LogP contribution is 2.40. The van der Waals surface area contributed by atoms with Gasteiger partial charge in [0.15, 0.2) is 6.17 Å². The van der Waals surface area contributed by atoms with Gasteiger partial charge in [0.25, 0.3) is 5.56 Å². The Morgan fingerprint density at radius 2 is 2.14 bits per heavy atom. The Labute approximate surface area is 121 Å². The molecule has 1 aromatic heterocycles. The van der Waals surface area contributed by atoms with Crippen LogP contribution in [0.25, 0.3) is 0 Å². The van der Waals surface area contributed by atoms with Crippen LogP contribution in [0.5, 0.6) is 0 Å². The summed E-state index contributed by atoms with van der Waals surface area (Å²) in [4.78, 5) is 27.0. The second-order valence-electron chi connectivity index (χ2n) is 6.01. The van der Waals surface area contributed by atoms with Crippen molar-refractivity contribution >= 4 is 13.2 Å². The fraction of sp³-hybridized carbons (Fsp3) is 0.615. The van der Waals surface area contributed by atoms with Gasteiger partial charge in [-0.2, -0.15) is 0 Å². The first-order chi connectivity index (χ1) is 9.69. The van der Waals surface area contributed by atoms with Crippen molar-refractivity contribution in [3.63, 3.8) is 0 Å². The molecule has 1 aliphatic heterocycles. The maximum Gasteiger partial charge on any atom is 0.325 e. The fourth-order valence-electron chi connectivity index (χ4n) is 2.32. The van der Waals surface area contributed by atoms with Gasteiger partial charge < -0.3 is 14.8 Å². The highest BCUT2D eigenvalue weighted by Gasteiger charge is 2.45. The van der Waals surface area contributed by atoms with Crippen LogP contribution in [-0.2, 0) is 4.74 Å². The molecular formula is C13H20FN2O4P. The molecule has 0 aliphatic carbocycles. The normalized spacial score (nSPS) is 29.7. The number of hydrogen-bond donors (Lipinski definition) is 3. The second-order valence-corrected chi connectivity index (χ2v) is 10.3. The van der Waals surface area contributed by atoms with Gasteiger partial charge in [-0.15, -0.1) is 13.2 Å². The lowest BCUT2D eigenvalue weighted by Crippen LogP contribution is -2.30. The predicted molar refractivity (Wildman–Crippen MR) is 81.6 cm³/mol. The number of halogens is 1. The fourth-order valence-corrected chi connectivity index (χ4v) is 3.27. The molecule has 2 heterocycles. The van der Waals surface area contributed by atoms with E-state index in [-0.39, 0.29) is 5.56 Å². The number of rotatable bonds is 4. The minimum absolute atomic E-state index is 0.0210. The summed E-state index contributed by atoms with van der Waals surface area (Å²) < 4.78 is 19.7. The third-order valence-corrected chi connectivity index (χ3v) is 4.96. The van der Waals surface area contributed by atoms with Crippen molar-refractivity contribution in [2.24, 2.45) is 0 Å². The van der Waals surface area contributed by atoms with E-state index in [1.54, 1.807) is 0 Å². The lowest BCUT2D eigenvalue weighted by molar-refractivity contribution is 0.00734. The van der Waals surface area contributed by atoms with Crippen LogP contribution >= 0.6 is 6.89 Å². The van der Waals surface area contributed by atoms with Gasteiger partial charge in [0.2, 0.25) is 0 Å². The maximum absolute atomic E-state index is 14.2. The number of H-pyrrole nitrogens is 2. The van der Waals surface area contributed by atoms with E-state index in [4.69, 9.17) is 4.74 Å². The van der Waals surface area contributed by atoms with Crippen LogP contribution in [-0.4, -0.2) is 59.2 Å². The van der Waals surface area contributed by atoms with Crippen LogP contribution < -0.4 is 11.2 Å². The van der Waals surface area contributed by atoms with Gasteiger partial charge >= 0.3 is 5.69 Å². The molecule has 1 unspecified atom stereocenters. The summed E-state index contributed by atoms with van der Waals surface area (Å²) in [7, 11) is 0. The standard InChI is InChI=1S/C13H20FN2O4P/c1-21(2,3)5-4-8-10(17)9(14)11(20-8)7-6-15-13(19)16-12(7)18/h6,8-11,17H,1,4-5H2,2-3H3,(H2,15,16,18,19)/t8-,9-,10-,11?/m1/s1. The average molecular weight is 318 g/mol. The molecule has 1 fully saturated rings. The number of aromatic amines is 2. The molecule has 0 radical (unpaired) electrons. The van der Waals surface area contributed by atoms with Crippen LogP contribution in [0, 0.1) is 0 Å². The van der Waals surface area contributed by atoms with Crippen molar-refractivity contribution in [3.8, 4) is 0 Å². The predicted octanol–water partition coefficient (Wildman–Crippen LogP) is 0.301. The molecule has 0 bridgehead atoms. The minimum Gasteiger partial charge on any atom is -0.387 e. The number of aliphatic hydroxyl groups is 1. The summed E-state index contributed by atoms with van der Waals surface area (Å²) >= 11 is 0. The molecule has 1 saturated heterocycles. The zero-order valence-electron chi connectivity index (χ0n) is 12.0. The van der Waals surface area contributed by atoms with Crippen molar-refractivity contribution < 1.29 is 14.2 Å². The summed E-state index contributed by atoms with van der Waals surface area (Å²) in [5.41, 5.74) is -1.39. The lowest BCUT2D eigenvalue weighted by Gasteiger charge is -2.18. The van der Waals surface area contributed by atoms with Crippen LogP contribution in [0.1, 0.15) is 18.1 Å². The molecule has 2 rings (SSSR count). The molecule has 118 valence electrons. The number of alkyl halides is 1. The molecule has 0 saturated carbocycles. The number of aliphatic hydroxyl groups excluding tert-OH is 1. The summed E-state index contributed by atoms with van der Waals surface area (Å²) in [6.07, 6.45) is 1.62. The molecule has 0 spiro atoms. The largest absolute Gasteiger partial charge is 0.387 e. The van der Waals surface area contributed by atoms with E-state index in [1.807, 2.05) is 18.3 Å². The SMILES string of the molecule is C=P(C)(C)CC[C@H]1OC(c2c[nH]c(=O)[nH]c2=O)[C@H](F)[C@@H]1O. The van der Waals surface area contributed by atoms with Gasteiger partial charge in [0, 0.05) is 6.20 Å². The Bertz CT molecular complexity index is 665. The monoisotopic (exact) mass is 318 g/mol. The Morgan fingerprint density at radius 3 is 2.71 bits per heavy atom. The first-order valence-corrected chi connectivity index (χ1v) is 9.71. The van der Waals surface area contributed by atoms with E-state index in [2.05, 4.69) is 11.3 Å². The van der Waals surface area contributed by atoms with E-state index >= 15 is 0 Å². The Balaban J connectivity index is 2.18. The Kier molecular flexibility index (Phi) is 4.56. The highest BCUT2D eigenvalue weighted by atomic mass is 31.2. The van der Waals surface area contributed by atoms with E-state index in [0.717, 1.165) is 12.4 Å². The quantitative estimate of drug-likeness (QED) is 0.696. The third kappa shape index (κ3) is 3.73. The number of aromatic nitrogens is 2. The molecule has 1 aromatic rings. The number of ether oxygens (including phenoxy) is 1. The Morgan fingerprint density at radius 1 is 1.48 bits per heavy atom. The minimum atomic E-state index is -1.70. The Hall–Kier alpha value is -1.17. The molecule has 6 nitrogen and oxygen atoms in total. The lowest BCUT2D eigenvalue weighted by atomic mass is 10.0. The van der Waals surface area contributed by atoms with Gasteiger partial charge in [-0.1, -0.05) is 0 Å². The van der Waals surface area contributed by atoms with Crippen molar-refractivity contribution in [2.45, 2.75) is 30.9 Å². The van der Waals surface area contributed by atoms with Gasteiger partial charge in [-0.25, -0.2) is 9.18 Å². The third-order valence-electron chi connectivity index (χ3n) is 3.49. The molecule has 21 heavy (non-hydrogen) atoms.